The summed E-state index contributed by atoms with van der Waals surface area (Å²) < 4.78 is 31.8. The fourth-order valence-corrected chi connectivity index (χ4v) is 3.72. The minimum absolute atomic E-state index is 0.0161. The molecule has 1 aromatic heterocycles. The molecule has 158 valence electrons. The quantitative estimate of drug-likeness (QED) is 0.433. The fourth-order valence-electron chi connectivity index (χ4n) is 2.74. The van der Waals surface area contributed by atoms with Gasteiger partial charge in [-0.1, -0.05) is 18.1 Å². The largest absolute Gasteiger partial charge is 0.449 e. The molecule has 0 fully saturated rings. The molecule has 0 aliphatic carbocycles. The molecule has 0 spiro atoms. The van der Waals surface area contributed by atoms with Crippen LogP contribution in [-0.2, 0) is 19.6 Å². The highest BCUT2D eigenvalue weighted by molar-refractivity contribution is 7.89. The summed E-state index contributed by atoms with van der Waals surface area (Å²) in [5.41, 5.74) is 1.23. The lowest BCUT2D eigenvalue weighted by molar-refractivity contribution is -0.123. The number of benzene rings is 2. The zero-order valence-corrected chi connectivity index (χ0v) is 17.3. The zero-order valence-electron chi connectivity index (χ0n) is 16.5. The number of terminal acetylenes is 1. The first-order chi connectivity index (χ1) is 14.8. The summed E-state index contributed by atoms with van der Waals surface area (Å²) >= 11 is 0. The van der Waals surface area contributed by atoms with Gasteiger partial charge in [-0.15, -0.1) is 6.42 Å². The van der Waals surface area contributed by atoms with Crippen LogP contribution in [0.25, 0.3) is 10.9 Å². The van der Waals surface area contributed by atoms with Crippen LogP contribution >= 0.6 is 0 Å². The first-order valence-electron chi connectivity index (χ1n) is 9.20. The maximum atomic E-state index is 12.5. The fraction of sp³-hybridized carbons (Fsp3) is 0.136. The van der Waals surface area contributed by atoms with E-state index < -0.39 is 28.0 Å². The van der Waals surface area contributed by atoms with Crippen LogP contribution in [-0.4, -0.2) is 37.9 Å². The lowest BCUT2D eigenvalue weighted by Gasteiger charge is -2.15. The van der Waals surface area contributed by atoms with Gasteiger partial charge in [0.25, 0.3) is 5.91 Å². The van der Waals surface area contributed by atoms with Crippen molar-refractivity contribution in [2.45, 2.75) is 17.9 Å². The van der Waals surface area contributed by atoms with Crippen LogP contribution in [0.4, 0.5) is 5.69 Å². The lowest BCUT2D eigenvalue weighted by atomic mass is 10.1. The molecule has 2 N–H and O–H groups in total. The average Bonchev–Trinajstić information content (AvgIpc) is 2.78. The number of pyridine rings is 1. The van der Waals surface area contributed by atoms with E-state index in [2.05, 4.69) is 20.9 Å². The van der Waals surface area contributed by atoms with Crippen molar-refractivity contribution >= 4 is 38.5 Å². The van der Waals surface area contributed by atoms with Crippen LogP contribution < -0.4 is 10.0 Å². The third-order valence-electron chi connectivity index (χ3n) is 4.30. The summed E-state index contributed by atoms with van der Waals surface area (Å²) in [6.07, 6.45) is 5.59. The van der Waals surface area contributed by atoms with E-state index in [1.165, 1.54) is 25.1 Å². The number of sulfonamides is 1. The Morgan fingerprint density at radius 2 is 1.94 bits per heavy atom. The van der Waals surface area contributed by atoms with E-state index in [9.17, 15) is 18.0 Å². The number of nitrogens with one attached hydrogen (secondary N) is 2. The highest BCUT2D eigenvalue weighted by Gasteiger charge is 2.21. The molecule has 2 aromatic carbocycles. The lowest BCUT2D eigenvalue weighted by Crippen LogP contribution is -2.30. The van der Waals surface area contributed by atoms with Crippen LogP contribution in [0.2, 0.25) is 0 Å². The second-order valence-electron chi connectivity index (χ2n) is 6.47. The Morgan fingerprint density at radius 1 is 1.16 bits per heavy atom. The number of nitrogens with zero attached hydrogens (tertiary/aromatic N) is 1. The molecule has 0 aliphatic heterocycles. The van der Waals surface area contributed by atoms with Crippen LogP contribution in [0.1, 0.15) is 17.3 Å². The molecule has 0 saturated carbocycles. The number of amides is 1. The van der Waals surface area contributed by atoms with Crippen molar-refractivity contribution in [2.75, 3.05) is 11.9 Å². The monoisotopic (exact) mass is 437 g/mol. The summed E-state index contributed by atoms with van der Waals surface area (Å²) in [5, 5.41) is 3.46. The number of carbonyl (C=O) groups excluding carboxylic acids is 2. The van der Waals surface area contributed by atoms with Crippen molar-refractivity contribution < 1.29 is 22.7 Å². The highest BCUT2D eigenvalue weighted by atomic mass is 32.2. The zero-order chi connectivity index (χ0) is 22.4. The minimum atomic E-state index is -3.87. The molecule has 1 heterocycles. The summed E-state index contributed by atoms with van der Waals surface area (Å²) in [4.78, 5) is 29.1. The van der Waals surface area contributed by atoms with Gasteiger partial charge in [0, 0.05) is 11.6 Å². The maximum Gasteiger partial charge on any atom is 0.338 e. The van der Waals surface area contributed by atoms with Gasteiger partial charge in [0.2, 0.25) is 10.0 Å². The van der Waals surface area contributed by atoms with Crippen molar-refractivity contribution in [2.24, 2.45) is 0 Å². The number of anilines is 1. The summed E-state index contributed by atoms with van der Waals surface area (Å²) in [6.45, 7) is 1.24. The highest BCUT2D eigenvalue weighted by Crippen LogP contribution is 2.21. The van der Waals surface area contributed by atoms with Crippen molar-refractivity contribution in [1.29, 1.82) is 0 Å². The first-order valence-corrected chi connectivity index (χ1v) is 10.7. The van der Waals surface area contributed by atoms with Gasteiger partial charge in [0.1, 0.15) is 0 Å². The van der Waals surface area contributed by atoms with Gasteiger partial charge in [-0.05, 0) is 49.4 Å². The van der Waals surface area contributed by atoms with Crippen molar-refractivity contribution in [3.63, 3.8) is 0 Å². The third-order valence-corrected chi connectivity index (χ3v) is 5.70. The molecule has 3 aromatic rings. The molecule has 8 nitrogen and oxygen atoms in total. The van der Waals surface area contributed by atoms with Crippen molar-refractivity contribution in [3.8, 4) is 12.3 Å². The van der Waals surface area contributed by atoms with Crippen LogP contribution in [0.15, 0.2) is 65.7 Å². The number of rotatable bonds is 7. The van der Waals surface area contributed by atoms with Gasteiger partial charge >= 0.3 is 5.97 Å². The Labute approximate surface area is 179 Å². The molecule has 0 saturated heterocycles. The molecule has 0 bridgehead atoms. The molecule has 9 heteroatoms. The number of aromatic nitrogens is 1. The molecule has 0 radical (unpaired) electrons. The first kappa shape index (κ1) is 22.0. The third kappa shape index (κ3) is 5.25. The number of hydrogen-bond acceptors (Lipinski definition) is 6. The second kappa shape index (κ2) is 9.38. The Kier molecular flexibility index (Phi) is 6.65. The minimum Gasteiger partial charge on any atom is -0.449 e. The van der Waals surface area contributed by atoms with Crippen LogP contribution in [0.5, 0.6) is 0 Å². The van der Waals surface area contributed by atoms with Gasteiger partial charge < -0.3 is 10.1 Å². The molecule has 1 unspecified atom stereocenters. The molecule has 1 atom stereocenters. The van der Waals surface area contributed by atoms with E-state index >= 15 is 0 Å². The maximum absolute atomic E-state index is 12.5. The van der Waals surface area contributed by atoms with Gasteiger partial charge in [-0.3, -0.25) is 9.78 Å². The van der Waals surface area contributed by atoms with Gasteiger partial charge in [-0.25, -0.2) is 13.2 Å². The Balaban J connectivity index is 1.71. The molecule has 0 aliphatic rings. The van der Waals surface area contributed by atoms with E-state index in [4.69, 9.17) is 11.2 Å². The van der Waals surface area contributed by atoms with E-state index in [1.54, 1.807) is 24.4 Å². The van der Waals surface area contributed by atoms with E-state index in [0.29, 0.717) is 11.2 Å². The predicted octanol–water partition coefficient (Wildman–Crippen LogP) is 2.33. The molecule has 31 heavy (non-hydrogen) atoms. The molecular weight excluding hydrogens is 418 g/mol. The van der Waals surface area contributed by atoms with Crippen LogP contribution in [0.3, 0.4) is 0 Å². The predicted molar refractivity (Wildman–Crippen MR) is 116 cm³/mol. The number of esters is 1. The Morgan fingerprint density at radius 3 is 2.71 bits per heavy atom. The van der Waals surface area contributed by atoms with E-state index in [-0.39, 0.29) is 17.0 Å². The number of fused-ring (bicyclic) bond motifs is 1. The Hall–Kier alpha value is -3.74. The Bertz CT molecular complexity index is 1280. The summed E-state index contributed by atoms with van der Waals surface area (Å²) in [5.74, 6) is 0.796. The number of carbonyl (C=O) groups is 2. The van der Waals surface area contributed by atoms with Gasteiger partial charge in [0.15, 0.2) is 6.10 Å². The van der Waals surface area contributed by atoms with Crippen molar-refractivity contribution in [1.82, 2.24) is 9.71 Å². The number of hydrogen-bond donors (Lipinski definition) is 2. The van der Waals surface area contributed by atoms with Crippen LogP contribution in [0, 0.1) is 12.3 Å². The topological polar surface area (TPSA) is 114 Å². The smallest absolute Gasteiger partial charge is 0.338 e. The van der Waals surface area contributed by atoms with Gasteiger partial charge in [-0.2, -0.15) is 4.72 Å². The molecule has 1 amide bonds. The summed E-state index contributed by atoms with van der Waals surface area (Å²) in [7, 11) is -3.87. The van der Waals surface area contributed by atoms with E-state index in [1.807, 2.05) is 12.1 Å². The van der Waals surface area contributed by atoms with E-state index in [0.717, 1.165) is 11.5 Å². The standard InChI is InChI=1S/C22H19N3O5S/c1-3-12-24-31(28,29)17-8-4-7-16(14-17)22(27)30-15(2)21(26)25-20-11-5-10-19-18(20)9-6-13-23-19/h1,4-11,13-15,24H,12H2,2H3,(H,25,26). The summed E-state index contributed by atoms with van der Waals surface area (Å²) in [6, 6.07) is 14.1. The normalized spacial score (nSPS) is 12.0. The second-order valence-corrected chi connectivity index (χ2v) is 8.24. The van der Waals surface area contributed by atoms with Gasteiger partial charge in [0.05, 0.1) is 28.2 Å². The van der Waals surface area contributed by atoms with Crippen molar-refractivity contribution in [3.05, 3.63) is 66.4 Å². The average molecular weight is 437 g/mol. The molecular formula is C22H19N3O5S. The molecule has 3 rings (SSSR count). The number of ether oxygens (including phenoxy) is 1. The SMILES string of the molecule is C#CCNS(=O)(=O)c1cccc(C(=O)OC(C)C(=O)Nc2cccc3ncccc23)c1.